The number of benzene rings is 1. The maximum atomic E-state index is 12.3. The number of hydrogen-bond donors (Lipinski definition) is 1. The van der Waals surface area contributed by atoms with E-state index in [0.717, 1.165) is 16.9 Å². The van der Waals surface area contributed by atoms with Crippen molar-refractivity contribution < 1.29 is 22.7 Å². The number of fused-ring (bicyclic) bond motifs is 1. The highest BCUT2D eigenvalue weighted by Crippen LogP contribution is 2.38. The van der Waals surface area contributed by atoms with Gasteiger partial charge in [0.25, 0.3) is 0 Å². The minimum atomic E-state index is -3.62. The summed E-state index contributed by atoms with van der Waals surface area (Å²) in [5.41, 5.74) is 1.84. The van der Waals surface area contributed by atoms with Gasteiger partial charge in [-0.25, -0.2) is 8.42 Å². The van der Waals surface area contributed by atoms with E-state index in [-0.39, 0.29) is 5.75 Å². The molecular formula is C15H21NO5S. The van der Waals surface area contributed by atoms with Crippen molar-refractivity contribution in [1.29, 1.82) is 0 Å². The first-order chi connectivity index (χ1) is 10.5. The normalized spacial score (nSPS) is 17.1. The Morgan fingerprint density at radius 1 is 1.36 bits per heavy atom. The zero-order valence-corrected chi connectivity index (χ0v) is 13.6. The second-order valence-corrected chi connectivity index (χ2v) is 7.09. The van der Waals surface area contributed by atoms with Crippen LogP contribution in [0.25, 0.3) is 0 Å². The van der Waals surface area contributed by atoms with Gasteiger partial charge in [0.15, 0.2) is 0 Å². The van der Waals surface area contributed by atoms with Crippen LogP contribution >= 0.6 is 0 Å². The zero-order valence-electron chi connectivity index (χ0n) is 12.8. The molecule has 0 heterocycles. The molecule has 1 aromatic carbocycles. The Morgan fingerprint density at radius 3 is 2.82 bits per heavy atom. The summed E-state index contributed by atoms with van der Waals surface area (Å²) in [6.07, 6.45) is 1.66. The molecule has 0 bridgehead atoms. The van der Waals surface area contributed by atoms with Crippen LogP contribution in [0.3, 0.4) is 0 Å². The first-order valence-corrected chi connectivity index (χ1v) is 8.82. The molecule has 0 aromatic heterocycles. The largest absolute Gasteiger partial charge is 0.496 e. The van der Waals surface area contributed by atoms with Crippen LogP contribution < -0.4 is 9.46 Å². The number of carbonyl (C=O) groups excluding carboxylic acids is 1. The van der Waals surface area contributed by atoms with Crippen LogP contribution in [0.15, 0.2) is 18.2 Å². The third-order valence-corrected chi connectivity index (χ3v) is 5.12. The molecule has 0 aliphatic heterocycles. The Labute approximate surface area is 130 Å². The molecule has 1 aliphatic carbocycles. The predicted octanol–water partition coefficient (Wildman–Crippen LogP) is 1.21. The number of hydrogen-bond acceptors (Lipinski definition) is 5. The number of rotatable bonds is 7. The van der Waals surface area contributed by atoms with Gasteiger partial charge >= 0.3 is 0 Å². The average molecular weight is 327 g/mol. The van der Waals surface area contributed by atoms with Crippen LogP contribution in [0.1, 0.15) is 29.9 Å². The highest BCUT2D eigenvalue weighted by atomic mass is 32.2. The quantitative estimate of drug-likeness (QED) is 0.761. The monoisotopic (exact) mass is 327 g/mol. The SMILES string of the molecule is COCCCS(=O)(=O)NC(=O)C1CCc2c(OC)cccc21. The second-order valence-electron chi connectivity index (χ2n) is 5.25. The smallest absolute Gasteiger partial charge is 0.240 e. The van der Waals surface area contributed by atoms with E-state index in [4.69, 9.17) is 9.47 Å². The molecule has 0 saturated heterocycles. The Kier molecular flexibility index (Phi) is 5.42. The topological polar surface area (TPSA) is 81.7 Å². The molecule has 1 N–H and O–H groups in total. The Morgan fingerprint density at radius 2 is 2.14 bits per heavy atom. The fraction of sp³-hybridized carbons (Fsp3) is 0.533. The average Bonchev–Trinajstić information content (AvgIpc) is 2.90. The van der Waals surface area contributed by atoms with Gasteiger partial charge in [0.1, 0.15) is 5.75 Å². The van der Waals surface area contributed by atoms with Gasteiger partial charge in [-0.05, 0) is 36.5 Å². The van der Waals surface area contributed by atoms with Gasteiger partial charge in [-0.1, -0.05) is 12.1 Å². The highest BCUT2D eigenvalue weighted by Gasteiger charge is 2.32. The van der Waals surface area contributed by atoms with Crippen LogP contribution in [0.4, 0.5) is 0 Å². The van der Waals surface area contributed by atoms with Crippen molar-refractivity contribution in [2.75, 3.05) is 26.6 Å². The fourth-order valence-electron chi connectivity index (χ4n) is 2.75. The lowest BCUT2D eigenvalue weighted by atomic mass is 10.0. The molecule has 0 saturated carbocycles. The number of amides is 1. The van der Waals surface area contributed by atoms with E-state index in [2.05, 4.69) is 4.72 Å². The zero-order chi connectivity index (χ0) is 16.2. The summed E-state index contributed by atoms with van der Waals surface area (Å²) in [5, 5.41) is 0. The highest BCUT2D eigenvalue weighted by molar-refractivity contribution is 7.90. The van der Waals surface area contributed by atoms with Crippen molar-refractivity contribution in [1.82, 2.24) is 4.72 Å². The van der Waals surface area contributed by atoms with Crippen molar-refractivity contribution in [2.45, 2.75) is 25.2 Å². The summed E-state index contributed by atoms with van der Waals surface area (Å²) in [7, 11) is -0.525. The minimum absolute atomic E-state index is 0.121. The number of carbonyl (C=O) groups is 1. The van der Waals surface area contributed by atoms with E-state index in [0.29, 0.717) is 25.9 Å². The predicted molar refractivity (Wildman–Crippen MR) is 82.5 cm³/mol. The Balaban J connectivity index is 2.07. The molecule has 0 fully saturated rings. The van der Waals surface area contributed by atoms with Gasteiger partial charge in [0.05, 0.1) is 18.8 Å². The molecule has 1 aliphatic rings. The van der Waals surface area contributed by atoms with E-state index in [1.807, 2.05) is 18.2 Å². The molecule has 1 atom stereocenters. The number of methoxy groups -OCH3 is 2. The van der Waals surface area contributed by atoms with E-state index in [1.54, 1.807) is 7.11 Å². The van der Waals surface area contributed by atoms with Gasteiger partial charge in [0.2, 0.25) is 15.9 Å². The summed E-state index contributed by atoms with van der Waals surface area (Å²) >= 11 is 0. The second kappa shape index (κ2) is 7.11. The number of ether oxygens (including phenoxy) is 2. The molecule has 1 amide bonds. The molecule has 1 aromatic rings. The maximum Gasteiger partial charge on any atom is 0.240 e. The third-order valence-electron chi connectivity index (χ3n) is 3.78. The lowest BCUT2D eigenvalue weighted by molar-refractivity contribution is -0.120. The molecule has 22 heavy (non-hydrogen) atoms. The van der Waals surface area contributed by atoms with Crippen LogP contribution in [-0.2, 0) is 26.0 Å². The summed E-state index contributed by atoms with van der Waals surface area (Å²) < 4.78 is 36.1. The summed E-state index contributed by atoms with van der Waals surface area (Å²) in [4.78, 5) is 12.3. The van der Waals surface area contributed by atoms with Crippen LogP contribution in [-0.4, -0.2) is 40.9 Å². The van der Waals surface area contributed by atoms with Crippen LogP contribution in [0.2, 0.25) is 0 Å². The molecule has 2 rings (SSSR count). The summed E-state index contributed by atoms with van der Waals surface area (Å²) in [6.45, 7) is 0.346. The van der Waals surface area contributed by atoms with E-state index in [9.17, 15) is 13.2 Å². The first kappa shape index (κ1) is 16.8. The number of nitrogens with one attached hydrogen (secondary N) is 1. The molecule has 0 spiro atoms. The van der Waals surface area contributed by atoms with E-state index >= 15 is 0 Å². The standard InChI is InChI=1S/C15H21NO5S/c1-20-9-4-10-22(18,19)16-15(17)13-8-7-12-11(13)5-3-6-14(12)21-2/h3,5-6,13H,4,7-10H2,1-2H3,(H,16,17). The van der Waals surface area contributed by atoms with Crippen LogP contribution in [0.5, 0.6) is 5.75 Å². The van der Waals surface area contributed by atoms with Crippen molar-refractivity contribution >= 4 is 15.9 Å². The van der Waals surface area contributed by atoms with Gasteiger partial charge in [0, 0.05) is 13.7 Å². The molecule has 0 radical (unpaired) electrons. The van der Waals surface area contributed by atoms with Crippen molar-refractivity contribution in [2.24, 2.45) is 0 Å². The lowest BCUT2D eigenvalue weighted by Crippen LogP contribution is -2.35. The first-order valence-electron chi connectivity index (χ1n) is 7.17. The Bertz CT molecular complexity index is 641. The van der Waals surface area contributed by atoms with Gasteiger partial charge < -0.3 is 9.47 Å². The molecule has 7 heteroatoms. The van der Waals surface area contributed by atoms with Crippen molar-refractivity contribution in [3.8, 4) is 5.75 Å². The van der Waals surface area contributed by atoms with Gasteiger partial charge in [-0.3, -0.25) is 9.52 Å². The summed E-state index contributed by atoms with van der Waals surface area (Å²) in [5.74, 6) is -0.285. The fourth-order valence-corrected chi connectivity index (χ4v) is 3.80. The van der Waals surface area contributed by atoms with E-state index in [1.165, 1.54) is 7.11 Å². The minimum Gasteiger partial charge on any atom is -0.496 e. The molecular weight excluding hydrogens is 306 g/mol. The Hall–Kier alpha value is -1.60. The third kappa shape index (κ3) is 3.78. The van der Waals surface area contributed by atoms with Crippen molar-refractivity contribution in [3.63, 3.8) is 0 Å². The molecule has 6 nitrogen and oxygen atoms in total. The molecule has 122 valence electrons. The molecule has 1 unspecified atom stereocenters. The maximum absolute atomic E-state index is 12.3. The number of sulfonamides is 1. The van der Waals surface area contributed by atoms with Crippen molar-refractivity contribution in [3.05, 3.63) is 29.3 Å². The van der Waals surface area contributed by atoms with Gasteiger partial charge in [-0.15, -0.1) is 0 Å². The van der Waals surface area contributed by atoms with E-state index < -0.39 is 21.8 Å². The lowest BCUT2D eigenvalue weighted by Gasteiger charge is -2.13. The van der Waals surface area contributed by atoms with Crippen LogP contribution in [0, 0.1) is 0 Å². The summed E-state index contributed by atoms with van der Waals surface area (Å²) in [6, 6.07) is 5.52. The van der Waals surface area contributed by atoms with Gasteiger partial charge in [-0.2, -0.15) is 0 Å².